The number of carbonyl (C=O) groups excluding carboxylic acids is 1. The van der Waals surface area contributed by atoms with Crippen LogP contribution in [0.1, 0.15) is 170 Å². The Hall–Kier alpha value is -1.90. The molecular weight excluding hydrogens is 550 g/mol. The fraction of sp³-hybridized carbons (Fsp3) is 0.762. The van der Waals surface area contributed by atoms with E-state index in [1.54, 1.807) is 0 Å². The topological polar surface area (TPSA) is 38.7 Å². The first-order valence-corrected chi connectivity index (χ1v) is 18.9. The van der Waals surface area contributed by atoms with E-state index in [0.717, 1.165) is 49.1 Å². The number of rotatable bonds is 16. The van der Waals surface area contributed by atoms with Gasteiger partial charge in [0.1, 0.15) is 12.0 Å². The number of aldehydes is 1. The Morgan fingerprint density at radius 2 is 1.67 bits per heavy atom. The zero-order chi connectivity index (χ0) is 33.8. The fourth-order valence-electron chi connectivity index (χ4n) is 5.96. The molecule has 0 radical (unpaired) electrons. The van der Waals surface area contributed by atoms with Gasteiger partial charge in [-0.2, -0.15) is 0 Å². The quantitative estimate of drug-likeness (QED) is 0.136. The van der Waals surface area contributed by atoms with Gasteiger partial charge in [-0.1, -0.05) is 106 Å². The van der Waals surface area contributed by atoms with E-state index in [4.69, 9.17) is 9.73 Å². The maximum absolute atomic E-state index is 9.79. The van der Waals surface area contributed by atoms with Crippen molar-refractivity contribution >= 4 is 17.6 Å². The first-order valence-electron chi connectivity index (χ1n) is 18.9. The largest absolute Gasteiger partial charge is 0.493 e. The van der Waals surface area contributed by atoms with Crippen molar-refractivity contribution in [2.45, 2.75) is 172 Å². The summed E-state index contributed by atoms with van der Waals surface area (Å²) >= 11 is 0. The molecule has 3 rings (SSSR count). The lowest BCUT2D eigenvalue weighted by Crippen LogP contribution is -2.25. The van der Waals surface area contributed by atoms with Crippen molar-refractivity contribution in [2.24, 2.45) is 34.1 Å². The molecule has 0 N–H and O–H groups in total. The van der Waals surface area contributed by atoms with Gasteiger partial charge in [0, 0.05) is 17.2 Å². The number of aliphatic imine (C=N–C) groups is 1. The van der Waals surface area contributed by atoms with Crippen LogP contribution in [0.25, 0.3) is 5.57 Å². The number of carbonyl (C=O) groups is 1. The lowest BCUT2D eigenvalue weighted by Gasteiger charge is -2.35. The van der Waals surface area contributed by atoms with Crippen LogP contribution in [-0.2, 0) is 4.79 Å². The lowest BCUT2D eigenvalue weighted by atomic mass is 9.70. The first kappa shape index (κ1) is 41.1. The second kappa shape index (κ2) is 22.6. The molecule has 1 aromatic carbocycles. The van der Waals surface area contributed by atoms with Crippen LogP contribution in [0.4, 0.5) is 0 Å². The van der Waals surface area contributed by atoms with Gasteiger partial charge in [0.05, 0.1) is 12.6 Å². The molecule has 2 fully saturated rings. The molecule has 0 amide bonds. The molecule has 0 aromatic heterocycles. The normalized spacial score (nSPS) is 17.8. The van der Waals surface area contributed by atoms with E-state index in [1.165, 1.54) is 93.0 Å². The van der Waals surface area contributed by atoms with Crippen LogP contribution in [0.5, 0.6) is 5.75 Å². The molecule has 0 saturated heterocycles. The summed E-state index contributed by atoms with van der Waals surface area (Å²) in [5, 5.41) is 0. The fourth-order valence-corrected chi connectivity index (χ4v) is 5.96. The first-order chi connectivity index (χ1) is 21.4. The van der Waals surface area contributed by atoms with Crippen LogP contribution in [0.15, 0.2) is 29.3 Å². The highest BCUT2D eigenvalue weighted by Crippen LogP contribution is 2.38. The van der Waals surface area contributed by atoms with Gasteiger partial charge >= 0.3 is 0 Å². The summed E-state index contributed by atoms with van der Waals surface area (Å²) in [5.41, 5.74) is 5.37. The molecule has 3 unspecified atom stereocenters. The number of benzene rings is 1. The Morgan fingerprint density at radius 3 is 2.09 bits per heavy atom. The number of aryl methyl sites for hydroxylation is 1. The number of hydrogen-bond donors (Lipinski definition) is 0. The minimum absolute atomic E-state index is 0.435. The molecule has 3 heteroatoms. The van der Waals surface area contributed by atoms with Crippen molar-refractivity contribution in [1.29, 1.82) is 0 Å². The maximum Gasteiger partial charge on any atom is 0.126 e. The van der Waals surface area contributed by atoms with Crippen LogP contribution in [-0.4, -0.2) is 24.6 Å². The molecule has 2 aliphatic rings. The molecule has 3 nitrogen and oxygen atoms in total. The molecule has 3 atom stereocenters. The zero-order valence-electron chi connectivity index (χ0n) is 31.6. The average molecular weight is 624 g/mol. The Morgan fingerprint density at radius 1 is 1.00 bits per heavy atom. The van der Waals surface area contributed by atoms with Gasteiger partial charge < -0.3 is 9.53 Å². The van der Waals surface area contributed by atoms with Gasteiger partial charge in [-0.05, 0) is 119 Å². The Balaban J connectivity index is 0.000000383. The van der Waals surface area contributed by atoms with Crippen molar-refractivity contribution in [3.63, 3.8) is 0 Å². The number of ether oxygens (including phenoxy) is 1. The van der Waals surface area contributed by atoms with Gasteiger partial charge in [0.25, 0.3) is 0 Å². The molecule has 0 heterocycles. The van der Waals surface area contributed by atoms with Gasteiger partial charge in [0.2, 0.25) is 0 Å². The van der Waals surface area contributed by atoms with Crippen molar-refractivity contribution in [3.05, 3.63) is 35.4 Å². The zero-order valence-corrected chi connectivity index (χ0v) is 31.6. The van der Waals surface area contributed by atoms with Crippen LogP contribution in [0.2, 0.25) is 0 Å². The Bertz CT molecular complexity index is 992. The summed E-state index contributed by atoms with van der Waals surface area (Å²) in [6.45, 7) is 25.9. The lowest BCUT2D eigenvalue weighted by molar-refractivity contribution is -0.113. The highest BCUT2D eigenvalue weighted by Gasteiger charge is 2.28. The van der Waals surface area contributed by atoms with Crippen molar-refractivity contribution < 1.29 is 9.53 Å². The minimum Gasteiger partial charge on any atom is -0.493 e. The second-order valence-corrected chi connectivity index (χ2v) is 15.1. The highest BCUT2D eigenvalue weighted by atomic mass is 16.5. The van der Waals surface area contributed by atoms with E-state index in [-0.39, 0.29) is 0 Å². The van der Waals surface area contributed by atoms with Gasteiger partial charge in [0.15, 0.2) is 0 Å². The van der Waals surface area contributed by atoms with Crippen molar-refractivity contribution in [3.8, 4) is 5.75 Å². The molecule has 2 aliphatic carbocycles. The molecule has 0 bridgehead atoms. The predicted octanol–water partition coefficient (Wildman–Crippen LogP) is 12.9. The molecular formula is C42H73NO2. The summed E-state index contributed by atoms with van der Waals surface area (Å²) in [6, 6.07) is 6.94. The summed E-state index contributed by atoms with van der Waals surface area (Å²) in [7, 11) is 0. The molecule has 258 valence electrons. The van der Waals surface area contributed by atoms with Gasteiger partial charge in [-0.25, -0.2) is 0 Å². The Kier molecular flexibility index (Phi) is 20.6. The number of allylic oxidation sites excluding steroid dienone is 2. The predicted molar refractivity (Wildman–Crippen MR) is 200 cm³/mol. The van der Waals surface area contributed by atoms with Crippen LogP contribution in [0.3, 0.4) is 0 Å². The second-order valence-electron chi connectivity index (χ2n) is 15.1. The third kappa shape index (κ3) is 16.5. The monoisotopic (exact) mass is 624 g/mol. The van der Waals surface area contributed by atoms with Gasteiger partial charge in [-0.15, -0.1) is 0 Å². The van der Waals surface area contributed by atoms with E-state index in [0.29, 0.717) is 24.0 Å². The third-order valence-corrected chi connectivity index (χ3v) is 10.1. The number of unbranched alkanes of at least 4 members (excludes halogenated alkanes) is 1. The number of nitrogens with zero attached hydrogens (tertiary/aromatic N) is 1. The molecule has 0 aliphatic heterocycles. The summed E-state index contributed by atoms with van der Waals surface area (Å²) < 4.78 is 5.76. The Labute approximate surface area is 280 Å². The third-order valence-electron chi connectivity index (χ3n) is 10.1. The molecule has 1 aromatic rings. The van der Waals surface area contributed by atoms with Crippen molar-refractivity contribution in [2.75, 3.05) is 6.61 Å². The van der Waals surface area contributed by atoms with E-state index in [9.17, 15) is 4.79 Å². The molecule has 45 heavy (non-hydrogen) atoms. The summed E-state index contributed by atoms with van der Waals surface area (Å²) in [6.07, 6.45) is 21.5. The van der Waals surface area contributed by atoms with Crippen LogP contribution in [0, 0.1) is 36.0 Å². The smallest absolute Gasteiger partial charge is 0.126 e. The van der Waals surface area contributed by atoms with E-state index in [2.05, 4.69) is 93.5 Å². The maximum atomic E-state index is 9.79. The summed E-state index contributed by atoms with van der Waals surface area (Å²) in [5.74, 6) is 4.14. The summed E-state index contributed by atoms with van der Waals surface area (Å²) in [4.78, 5) is 14.7. The van der Waals surface area contributed by atoms with Crippen molar-refractivity contribution in [1.82, 2.24) is 0 Å². The van der Waals surface area contributed by atoms with Crippen LogP contribution < -0.4 is 4.74 Å². The molecule has 2 saturated carbocycles. The van der Waals surface area contributed by atoms with Crippen LogP contribution >= 0.6 is 0 Å². The van der Waals surface area contributed by atoms with E-state index in [1.807, 2.05) is 6.92 Å². The number of hydrogen-bond acceptors (Lipinski definition) is 3. The minimum atomic E-state index is 0.435. The standard InChI is InChI=1S/C19H27NO.C18H38.C5H8O/c1-5-16(20-17-8-7-9-17)13-15(4)18-12-14(3)10-11-19(18)21-6-2;1-8-11-12-16(10-3)14-17(18(5,6)7)13-15(4)9-2;6-4-5-2-1-3-5/h10-13,17H,5-9H2,1-4H3;15-17H,8-14H2,1-7H3;4-5H,1-3H2/b15-13+,20-16?;;. The van der Waals surface area contributed by atoms with E-state index >= 15 is 0 Å². The average Bonchev–Trinajstić information content (AvgIpc) is 2.96. The SMILES string of the molecule is CCCCC(CC)CC(CC(C)CC)C(C)(C)C.CCOc1ccc(C)cc1/C(C)=C/C(CC)=NC1CCC1.O=CC1CCC1. The van der Waals surface area contributed by atoms with E-state index < -0.39 is 0 Å². The molecule has 0 spiro atoms. The van der Waals surface area contributed by atoms with Gasteiger partial charge in [-0.3, -0.25) is 4.99 Å². The highest BCUT2D eigenvalue weighted by molar-refractivity contribution is 6.01.